The van der Waals surface area contributed by atoms with Gasteiger partial charge >= 0.3 is 6.09 Å². The van der Waals surface area contributed by atoms with E-state index < -0.39 is 6.09 Å². The van der Waals surface area contributed by atoms with Gasteiger partial charge < -0.3 is 14.7 Å². The van der Waals surface area contributed by atoms with Gasteiger partial charge in [0.05, 0.1) is 23.2 Å². The molecule has 0 heterocycles. The number of hydrogen-bond acceptors (Lipinski definition) is 3. The highest BCUT2D eigenvalue weighted by molar-refractivity contribution is 6.42. The van der Waals surface area contributed by atoms with Crippen LogP contribution in [0.4, 0.5) is 4.79 Å². The van der Waals surface area contributed by atoms with E-state index in [1.165, 1.54) is 16.0 Å². The molecular weight excluding hydrogens is 421 g/mol. The Bertz CT molecular complexity index is 1020. The van der Waals surface area contributed by atoms with Crippen LogP contribution in [0.15, 0.2) is 66.7 Å². The molecule has 0 fully saturated rings. The lowest BCUT2D eigenvalue weighted by Gasteiger charge is -2.23. The molecule has 154 valence electrons. The molecule has 3 aromatic rings. The summed E-state index contributed by atoms with van der Waals surface area (Å²) in [5.41, 5.74) is 5.35. The minimum Gasteiger partial charge on any atom is -0.448 e. The molecule has 1 aliphatic rings. The van der Waals surface area contributed by atoms with Crippen molar-refractivity contribution < 1.29 is 14.6 Å². The van der Waals surface area contributed by atoms with Crippen LogP contribution in [0, 0.1) is 0 Å². The summed E-state index contributed by atoms with van der Waals surface area (Å²) in [6.45, 7) is 0.386. The van der Waals surface area contributed by atoms with Crippen LogP contribution in [-0.2, 0) is 11.3 Å². The summed E-state index contributed by atoms with van der Waals surface area (Å²) in [5, 5.41) is 10.2. The Balaban J connectivity index is 1.51. The highest BCUT2D eigenvalue weighted by Crippen LogP contribution is 2.44. The van der Waals surface area contributed by atoms with Crippen molar-refractivity contribution in [1.82, 2.24) is 4.90 Å². The third-order valence-electron chi connectivity index (χ3n) is 5.36. The molecule has 0 aliphatic heterocycles. The zero-order chi connectivity index (χ0) is 21.1. The van der Waals surface area contributed by atoms with Gasteiger partial charge in [-0.2, -0.15) is 0 Å². The number of aliphatic hydroxyl groups excluding tert-OH is 1. The Hall–Kier alpha value is -2.53. The predicted octanol–water partition coefficient (Wildman–Crippen LogP) is 5.74. The molecule has 0 bridgehead atoms. The van der Waals surface area contributed by atoms with Gasteiger partial charge in [0.2, 0.25) is 0 Å². The molecule has 6 heteroatoms. The monoisotopic (exact) mass is 441 g/mol. The number of fused-ring (bicyclic) bond motifs is 3. The number of hydrogen-bond donors (Lipinski definition) is 1. The summed E-state index contributed by atoms with van der Waals surface area (Å²) < 4.78 is 5.70. The van der Waals surface area contributed by atoms with Crippen molar-refractivity contribution in [2.24, 2.45) is 0 Å². The fourth-order valence-corrected chi connectivity index (χ4v) is 4.30. The molecule has 1 aliphatic carbocycles. The molecule has 1 amide bonds. The first-order valence-corrected chi connectivity index (χ1v) is 10.5. The summed E-state index contributed by atoms with van der Waals surface area (Å²) in [7, 11) is 0. The Morgan fingerprint density at radius 2 is 1.57 bits per heavy atom. The lowest BCUT2D eigenvalue weighted by molar-refractivity contribution is 0.0892. The first-order valence-electron chi connectivity index (χ1n) is 9.74. The van der Waals surface area contributed by atoms with Crippen molar-refractivity contribution in [3.05, 3.63) is 93.5 Å². The smallest absolute Gasteiger partial charge is 0.410 e. The number of aliphatic hydroxyl groups is 1. The van der Waals surface area contributed by atoms with Crippen LogP contribution in [-0.4, -0.2) is 35.9 Å². The van der Waals surface area contributed by atoms with Crippen molar-refractivity contribution in [2.75, 3.05) is 19.8 Å². The SMILES string of the molecule is O=C(OCC1c2ccccc2-c2ccccc21)N(CCO)Cc1cccc(Cl)c1Cl. The van der Waals surface area contributed by atoms with Gasteiger partial charge in [0.1, 0.15) is 6.61 Å². The van der Waals surface area contributed by atoms with Crippen LogP contribution in [0.5, 0.6) is 0 Å². The molecular formula is C24H21Cl2NO3. The fourth-order valence-electron chi connectivity index (χ4n) is 3.92. The van der Waals surface area contributed by atoms with Gasteiger partial charge in [-0.3, -0.25) is 0 Å². The molecule has 0 saturated heterocycles. The molecule has 0 atom stereocenters. The van der Waals surface area contributed by atoms with Crippen LogP contribution in [0.25, 0.3) is 11.1 Å². The summed E-state index contributed by atoms with van der Waals surface area (Å²) in [6, 6.07) is 21.6. The number of ether oxygens (including phenoxy) is 1. The summed E-state index contributed by atoms with van der Waals surface area (Å²) in [5.74, 6) is -0.0212. The number of carbonyl (C=O) groups is 1. The van der Waals surface area contributed by atoms with E-state index in [9.17, 15) is 9.90 Å². The number of amides is 1. The number of nitrogens with zero attached hydrogens (tertiary/aromatic N) is 1. The third-order valence-corrected chi connectivity index (χ3v) is 6.21. The van der Waals surface area contributed by atoms with Gasteiger partial charge in [0, 0.05) is 12.5 Å². The molecule has 0 saturated carbocycles. The average molecular weight is 442 g/mol. The van der Waals surface area contributed by atoms with E-state index in [1.807, 2.05) is 24.3 Å². The van der Waals surface area contributed by atoms with Crippen molar-refractivity contribution >= 4 is 29.3 Å². The van der Waals surface area contributed by atoms with Gasteiger partial charge in [-0.25, -0.2) is 4.79 Å². The zero-order valence-electron chi connectivity index (χ0n) is 16.2. The van der Waals surface area contributed by atoms with Gasteiger partial charge in [-0.05, 0) is 33.9 Å². The van der Waals surface area contributed by atoms with E-state index in [0.717, 1.165) is 11.1 Å². The minimum absolute atomic E-state index is 0.0212. The highest BCUT2D eigenvalue weighted by Gasteiger charge is 2.29. The number of rotatable bonds is 6. The second-order valence-electron chi connectivity index (χ2n) is 7.16. The van der Waals surface area contributed by atoms with Crippen LogP contribution < -0.4 is 0 Å². The molecule has 0 aromatic heterocycles. The van der Waals surface area contributed by atoms with Crippen LogP contribution in [0.1, 0.15) is 22.6 Å². The third kappa shape index (κ3) is 4.04. The maximum Gasteiger partial charge on any atom is 0.410 e. The van der Waals surface area contributed by atoms with Gasteiger partial charge in [-0.15, -0.1) is 0 Å². The summed E-state index contributed by atoms with van der Waals surface area (Å²) >= 11 is 12.3. The van der Waals surface area contributed by atoms with E-state index in [1.54, 1.807) is 18.2 Å². The quantitative estimate of drug-likeness (QED) is 0.530. The summed E-state index contributed by atoms with van der Waals surface area (Å²) in [4.78, 5) is 14.3. The first-order chi connectivity index (χ1) is 14.6. The molecule has 3 aromatic carbocycles. The molecule has 4 rings (SSSR count). The normalized spacial score (nSPS) is 12.4. The zero-order valence-corrected chi connectivity index (χ0v) is 17.7. The fraction of sp³-hybridized carbons (Fsp3) is 0.208. The van der Waals surface area contributed by atoms with E-state index in [4.69, 9.17) is 27.9 Å². The van der Waals surface area contributed by atoms with Crippen molar-refractivity contribution in [1.29, 1.82) is 0 Å². The van der Waals surface area contributed by atoms with Crippen LogP contribution in [0.2, 0.25) is 10.0 Å². The maximum atomic E-state index is 12.8. The van der Waals surface area contributed by atoms with E-state index in [-0.39, 0.29) is 32.2 Å². The molecule has 30 heavy (non-hydrogen) atoms. The maximum absolute atomic E-state index is 12.8. The lowest BCUT2D eigenvalue weighted by Crippen LogP contribution is -2.34. The topological polar surface area (TPSA) is 49.8 Å². The van der Waals surface area contributed by atoms with Gasteiger partial charge in [-0.1, -0.05) is 83.9 Å². The Labute approximate surface area is 185 Å². The number of benzene rings is 3. The largest absolute Gasteiger partial charge is 0.448 e. The number of carbonyl (C=O) groups excluding carboxylic acids is 1. The van der Waals surface area contributed by atoms with Gasteiger partial charge in [0.15, 0.2) is 0 Å². The number of halogens is 2. The van der Waals surface area contributed by atoms with Crippen molar-refractivity contribution in [3.8, 4) is 11.1 Å². The molecule has 4 nitrogen and oxygen atoms in total. The lowest BCUT2D eigenvalue weighted by atomic mass is 9.98. The second kappa shape index (κ2) is 9.09. The summed E-state index contributed by atoms with van der Waals surface area (Å²) in [6.07, 6.45) is -0.498. The molecule has 0 unspecified atom stereocenters. The minimum atomic E-state index is -0.498. The predicted molar refractivity (Wildman–Crippen MR) is 119 cm³/mol. The molecule has 1 N–H and O–H groups in total. The Morgan fingerprint density at radius 1 is 0.933 bits per heavy atom. The van der Waals surface area contributed by atoms with Crippen molar-refractivity contribution in [2.45, 2.75) is 12.5 Å². The Morgan fingerprint density at radius 3 is 2.20 bits per heavy atom. The van der Waals surface area contributed by atoms with E-state index in [2.05, 4.69) is 24.3 Å². The van der Waals surface area contributed by atoms with Crippen LogP contribution in [0.3, 0.4) is 0 Å². The second-order valence-corrected chi connectivity index (χ2v) is 7.95. The molecule has 0 radical (unpaired) electrons. The first kappa shape index (κ1) is 20.7. The van der Waals surface area contributed by atoms with E-state index >= 15 is 0 Å². The Kier molecular flexibility index (Phi) is 6.28. The molecule has 0 spiro atoms. The average Bonchev–Trinajstić information content (AvgIpc) is 3.08. The standard InChI is InChI=1S/C24H21Cl2NO3/c25-22-11-5-6-16(23(22)26)14-27(12-13-28)24(29)30-15-21-19-9-3-1-7-17(19)18-8-2-4-10-20(18)21/h1-11,21,28H,12-15H2. The van der Waals surface area contributed by atoms with Gasteiger partial charge in [0.25, 0.3) is 0 Å². The van der Waals surface area contributed by atoms with E-state index in [0.29, 0.717) is 15.6 Å². The van der Waals surface area contributed by atoms with Crippen molar-refractivity contribution in [3.63, 3.8) is 0 Å². The van der Waals surface area contributed by atoms with Crippen LogP contribution >= 0.6 is 23.2 Å². The highest BCUT2D eigenvalue weighted by atomic mass is 35.5.